The Balaban J connectivity index is 1.63. The number of hydrogen-bond acceptors (Lipinski definition) is 4. The summed E-state index contributed by atoms with van der Waals surface area (Å²) in [7, 11) is 1.50. The van der Waals surface area contributed by atoms with Crippen LogP contribution in [0, 0.1) is 5.82 Å². The Labute approximate surface area is 212 Å². The van der Waals surface area contributed by atoms with Crippen LogP contribution in [0.15, 0.2) is 72.8 Å². The first-order valence-electron chi connectivity index (χ1n) is 11.9. The fourth-order valence-corrected chi connectivity index (χ4v) is 4.35. The number of ether oxygens (including phenoxy) is 1. The van der Waals surface area contributed by atoms with E-state index >= 15 is 0 Å². The van der Waals surface area contributed by atoms with Gasteiger partial charge < -0.3 is 15.2 Å². The van der Waals surface area contributed by atoms with E-state index in [2.05, 4.69) is 10.6 Å². The van der Waals surface area contributed by atoms with Crippen LogP contribution < -0.4 is 10.6 Å². The SMILES string of the molecule is CNC(=O)[C@@H](N[C@@H](CCc1ccc(C(F)(F)F)cc1)c1cccc(C2(O)COC2)c1)c1ccc(F)cc1. The molecule has 196 valence electrons. The molecule has 2 atom stereocenters. The lowest BCUT2D eigenvalue weighted by atomic mass is 9.88. The van der Waals surface area contributed by atoms with E-state index in [9.17, 15) is 27.5 Å². The normalized spacial score (nSPS) is 16.5. The minimum atomic E-state index is -4.41. The van der Waals surface area contributed by atoms with E-state index in [1.54, 1.807) is 12.1 Å². The largest absolute Gasteiger partial charge is 0.416 e. The zero-order valence-corrected chi connectivity index (χ0v) is 20.2. The molecule has 37 heavy (non-hydrogen) atoms. The van der Waals surface area contributed by atoms with Crippen molar-refractivity contribution in [3.63, 3.8) is 0 Å². The summed E-state index contributed by atoms with van der Waals surface area (Å²) in [6, 6.07) is 16.7. The Morgan fingerprint density at radius 3 is 2.27 bits per heavy atom. The van der Waals surface area contributed by atoms with Gasteiger partial charge in [0.15, 0.2) is 0 Å². The molecule has 1 fully saturated rings. The van der Waals surface area contributed by atoms with Crippen molar-refractivity contribution in [1.29, 1.82) is 0 Å². The van der Waals surface area contributed by atoms with Crippen LogP contribution in [0.1, 0.15) is 46.3 Å². The molecule has 0 bridgehead atoms. The summed E-state index contributed by atoms with van der Waals surface area (Å²) in [5.74, 6) is -0.754. The lowest BCUT2D eigenvalue weighted by Gasteiger charge is -2.37. The topological polar surface area (TPSA) is 70.6 Å². The lowest BCUT2D eigenvalue weighted by molar-refractivity contribution is -0.184. The Morgan fingerprint density at radius 2 is 1.70 bits per heavy atom. The molecular weight excluding hydrogens is 488 g/mol. The highest BCUT2D eigenvalue weighted by Crippen LogP contribution is 2.33. The van der Waals surface area contributed by atoms with Crippen LogP contribution in [0.5, 0.6) is 0 Å². The zero-order valence-electron chi connectivity index (χ0n) is 20.2. The summed E-state index contributed by atoms with van der Waals surface area (Å²) in [5.41, 5.74) is 0.926. The predicted molar refractivity (Wildman–Crippen MR) is 130 cm³/mol. The van der Waals surface area contributed by atoms with Crippen LogP contribution in [-0.4, -0.2) is 31.3 Å². The lowest BCUT2D eigenvalue weighted by Crippen LogP contribution is -2.46. The van der Waals surface area contributed by atoms with Crippen LogP contribution in [0.25, 0.3) is 0 Å². The average Bonchev–Trinajstić information content (AvgIpc) is 2.87. The van der Waals surface area contributed by atoms with Crippen LogP contribution in [-0.2, 0) is 27.7 Å². The van der Waals surface area contributed by atoms with Gasteiger partial charge in [-0.15, -0.1) is 0 Å². The molecule has 4 rings (SSSR count). The Bertz CT molecular complexity index is 1210. The molecule has 0 spiro atoms. The molecule has 1 aliphatic rings. The summed E-state index contributed by atoms with van der Waals surface area (Å²) in [6.07, 6.45) is -3.54. The maximum absolute atomic E-state index is 13.5. The number of aliphatic hydroxyl groups is 1. The van der Waals surface area contributed by atoms with Crippen LogP contribution >= 0.6 is 0 Å². The number of benzene rings is 3. The molecule has 0 unspecified atom stereocenters. The number of hydrogen-bond donors (Lipinski definition) is 3. The molecule has 0 radical (unpaired) electrons. The monoisotopic (exact) mass is 516 g/mol. The van der Waals surface area contributed by atoms with Gasteiger partial charge in [-0.25, -0.2) is 4.39 Å². The molecule has 0 saturated carbocycles. The molecule has 3 N–H and O–H groups in total. The second-order valence-corrected chi connectivity index (χ2v) is 9.20. The number of rotatable bonds is 9. The number of amides is 1. The third-order valence-corrected chi connectivity index (χ3v) is 6.59. The van der Waals surface area contributed by atoms with E-state index in [0.717, 1.165) is 17.7 Å². The smallest absolute Gasteiger partial charge is 0.380 e. The van der Waals surface area contributed by atoms with Gasteiger partial charge in [-0.2, -0.15) is 13.2 Å². The molecule has 1 saturated heterocycles. The third kappa shape index (κ3) is 6.36. The first-order valence-corrected chi connectivity index (χ1v) is 11.9. The number of likely N-dealkylation sites (N-methyl/N-ethyl adjacent to an activating group) is 1. The molecule has 5 nitrogen and oxygen atoms in total. The number of carbonyl (C=O) groups is 1. The average molecular weight is 517 g/mol. The summed E-state index contributed by atoms with van der Waals surface area (Å²) in [5, 5.41) is 16.7. The quantitative estimate of drug-likeness (QED) is 0.357. The summed E-state index contributed by atoms with van der Waals surface area (Å²) in [6.45, 7) is 0.354. The fraction of sp³-hybridized carbons (Fsp3) is 0.321. The summed E-state index contributed by atoms with van der Waals surface area (Å²) in [4.78, 5) is 12.8. The zero-order chi connectivity index (χ0) is 26.6. The standard InChI is InChI=1S/C28H28F4N2O3/c1-33-26(35)25(19-8-12-23(29)13-9-19)34-24(14-7-18-5-10-21(11-6-18)28(30,31)32)20-3-2-4-22(15-20)27(36)16-37-17-27/h2-6,8-13,15,24-25,34,36H,7,14,16-17H2,1H3,(H,33,35)/t24-,25-/m0/s1. The third-order valence-electron chi connectivity index (χ3n) is 6.59. The van der Waals surface area contributed by atoms with Crippen molar-refractivity contribution in [3.8, 4) is 0 Å². The van der Waals surface area contributed by atoms with Gasteiger partial charge in [0, 0.05) is 13.1 Å². The molecule has 0 aromatic heterocycles. The van der Waals surface area contributed by atoms with Crippen molar-refractivity contribution in [2.24, 2.45) is 0 Å². The van der Waals surface area contributed by atoms with Gasteiger partial charge in [-0.3, -0.25) is 10.1 Å². The van der Waals surface area contributed by atoms with Crippen molar-refractivity contribution in [3.05, 3.63) is 106 Å². The second kappa shape index (κ2) is 11.0. The predicted octanol–water partition coefficient (Wildman–Crippen LogP) is 4.81. The minimum absolute atomic E-state index is 0.177. The number of halogens is 4. The van der Waals surface area contributed by atoms with Gasteiger partial charge in [-0.1, -0.05) is 48.5 Å². The first-order chi connectivity index (χ1) is 17.6. The summed E-state index contributed by atoms with van der Waals surface area (Å²) < 4.78 is 57.6. The van der Waals surface area contributed by atoms with Gasteiger partial charge in [0.25, 0.3) is 0 Å². The van der Waals surface area contributed by atoms with Crippen molar-refractivity contribution >= 4 is 5.91 Å². The fourth-order valence-electron chi connectivity index (χ4n) is 4.35. The maximum atomic E-state index is 13.5. The van der Waals surface area contributed by atoms with E-state index in [0.29, 0.717) is 29.5 Å². The minimum Gasteiger partial charge on any atom is -0.380 e. The highest BCUT2D eigenvalue weighted by molar-refractivity contribution is 5.83. The van der Waals surface area contributed by atoms with Crippen molar-refractivity contribution in [1.82, 2.24) is 10.6 Å². The molecule has 0 aliphatic carbocycles. The number of carbonyl (C=O) groups excluding carboxylic acids is 1. The van der Waals surface area contributed by atoms with Gasteiger partial charge in [0.1, 0.15) is 17.5 Å². The second-order valence-electron chi connectivity index (χ2n) is 9.20. The van der Waals surface area contributed by atoms with Crippen molar-refractivity contribution < 1.29 is 32.2 Å². The van der Waals surface area contributed by atoms with Crippen LogP contribution in [0.3, 0.4) is 0 Å². The Kier molecular flexibility index (Phi) is 7.96. The number of alkyl halides is 3. The van der Waals surface area contributed by atoms with Crippen LogP contribution in [0.4, 0.5) is 17.6 Å². The van der Waals surface area contributed by atoms with Gasteiger partial charge >= 0.3 is 6.18 Å². The van der Waals surface area contributed by atoms with E-state index < -0.39 is 35.2 Å². The molecule has 9 heteroatoms. The molecule has 1 aliphatic heterocycles. The van der Waals surface area contributed by atoms with Gasteiger partial charge in [0.05, 0.1) is 18.8 Å². The molecule has 3 aromatic carbocycles. The van der Waals surface area contributed by atoms with E-state index in [-0.39, 0.29) is 19.1 Å². The number of nitrogens with one attached hydrogen (secondary N) is 2. The Morgan fingerprint density at radius 1 is 1.03 bits per heavy atom. The molecule has 1 amide bonds. The highest BCUT2D eigenvalue weighted by atomic mass is 19.4. The molecular formula is C28H28F4N2O3. The maximum Gasteiger partial charge on any atom is 0.416 e. The number of aryl methyl sites for hydroxylation is 1. The van der Waals surface area contributed by atoms with E-state index in [1.807, 2.05) is 12.1 Å². The summed E-state index contributed by atoms with van der Waals surface area (Å²) >= 11 is 0. The van der Waals surface area contributed by atoms with E-state index in [1.165, 1.54) is 43.4 Å². The molecule has 1 heterocycles. The Hall–Kier alpha value is -3.27. The van der Waals surface area contributed by atoms with Gasteiger partial charge in [0.2, 0.25) is 5.91 Å². The van der Waals surface area contributed by atoms with Crippen molar-refractivity contribution in [2.45, 2.75) is 36.7 Å². The van der Waals surface area contributed by atoms with Crippen LogP contribution in [0.2, 0.25) is 0 Å². The van der Waals surface area contributed by atoms with Gasteiger partial charge in [-0.05, 0) is 59.4 Å². The highest BCUT2D eigenvalue weighted by Gasteiger charge is 2.38. The van der Waals surface area contributed by atoms with E-state index in [4.69, 9.17) is 4.74 Å². The molecule has 3 aromatic rings. The van der Waals surface area contributed by atoms with Crippen molar-refractivity contribution in [2.75, 3.05) is 20.3 Å². The first kappa shape index (κ1) is 26.8.